The van der Waals surface area contributed by atoms with Crippen molar-refractivity contribution >= 4 is 28.5 Å². The Kier molecular flexibility index (Phi) is 4.99. The quantitative estimate of drug-likeness (QED) is 0.483. The number of hydrogen-bond donors (Lipinski definition) is 2. The molecule has 7 nitrogen and oxygen atoms in total. The molecule has 32 heavy (non-hydrogen) atoms. The summed E-state index contributed by atoms with van der Waals surface area (Å²) in [6, 6.07) is 19.8. The molecule has 2 amide bonds. The van der Waals surface area contributed by atoms with Gasteiger partial charge in [-0.3, -0.25) is 9.59 Å². The Balaban J connectivity index is 1.32. The number of aryl methyl sites for hydroxylation is 1. The molecule has 7 heteroatoms. The number of amides is 2. The van der Waals surface area contributed by atoms with Crippen molar-refractivity contribution < 1.29 is 23.5 Å². The van der Waals surface area contributed by atoms with Gasteiger partial charge >= 0.3 is 0 Å². The van der Waals surface area contributed by atoms with Crippen LogP contribution in [0.2, 0.25) is 0 Å². The first-order valence-corrected chi connectivity index (χ1v) is 10.2. The summed E-state index contributed by atoms with van der Waals surface area (Å²) in [6.07, 6.45) is 0. The lowest BCUT2D eigenvalue weighted by atomic mass is 10.1. The van der Waals surface area contributed by atoms with Crippen LogP contribution < -0.4 is 20.1 Å². The zero-order valence-electron chi connectivity index (χ0n) is 17.3. The van der Waals surface area contributed by atoms with E-state index in [0.29, 0.717) is 34.9 Å². The first kappa shape index (κ1) is 19.7. The second-order valence-corrected chi connectivity index (χ2v) is 7.42. The van der Waals surface area contributed by atoms with Crippen molar-refractivity contribution in [2.75, 3.05) is 12.1 Å². The Bertz CT molecular complexity index is 1340. The zero-order valence-corrected chi connectivity index (χ0v) is 17.3. The van der Waals surface area contributed by atoms with E-state index >= 15 is 0 Å². The van der Waals surface area contributed by atoms with Crippen LogP contribution in [0.3, 0.4) is 0 Å². The highest BCUT2D eigenvalue weighted by atomic mass is 16.7. The molecular weight excluding hydrogens is 408 g/mol. The van der Waals surface area contributed by atoms with Gasteiger partial charge in [-0.05, 0) is 42.8 Å². The molecule has 2 heterocycles. The summed E-state index contributed by atoms with van der Waals surface area (Å²) in [5.41, 5.74) is 3.03. The van der Waals surface area contributed by atoms with Gasteiger partial charge in [-0.1, -0.05) is 36.4 Å². The molecule has 0 atom stereocenters. The molecule has 3 aromatic carbocycles. The van der Waals surface area contributed by atoms with Gasteiger partial charge in [0.25, 0.3) is 11.8 Å². The Morgan fingerprint density at radius 1 is 0.906 bits per heavy atom. The molecule has 1 aliphatic heterocycles. The molecular formula is C25H20N2O5. The number of carbonyl (C=O) groups is 2. The summed E-state index contributed by atoms with van der Waals surface area (Å²) in [7, 11) is 0. The molecule has 0 radical (unpaired) electrons. The Morgan fingerprint density at radius 2 is 1.69 bits per heavy atom. The second kappa shape index (κ2) is 8.11. The van der Waals surface area contributed by atoms with E-state index in [2.05, 4.69) is 10.6 Å². The van der Waals surface area contributed by atoms with Crippen molar-refractivity contribution in [2.24, 2.45) is 0 Å². The summed E-state index contributed by atoms with van der Waals surface area (Å²) < 4.78 is 16.4. The van der Waals surface area contributed by atoms with Gasteiger partial charge in [0, 0.05) is 17.5 Å². The molecule has 0 saturated heterocycles. The van der Waals surface area contributed by atoms with E-state index in [1.165, 1.54) is 0 Å². The number of carbonyl (C=O) groups excluding carboxylic acids is 2. The van der Waals surface area contributed by atoms with Crippen LogP contribution >= 0.6 is 0 Å². The van der Waals surface area contributed by atoms with Crippen LogP contribution in [0, 0.1) is 6.92 Å². The summed E-state index contributed by atoms with van der Waals surface area (Å²) in [4.78, 5) is 25.8. The van der Waals surface area contributed by atoms with Gasteiger partial charge in [-0.25, -0.2) is 0 Å². The third-order valence-electron chi connectivity index (χ3n) is 5.36. The average Bonchev–Trinajstić information content (AvgIpc) is 3.42. The van der Waals surface area contributed by atoms with Crippen LogP contribution in [0.25, 0.3) is 11.0 Å². The number of benzene rings is 3. The van der Waals surface area contributed by atoms with E-state index in [-0.39, 0.29) is 18.5 Å². The summed E-state index contributed by atoms with van der Waals surface area (Å²) in [5.74, 6) is 0.857. The number of furan rings is 1. The maximum absolute atomic E-state index is 12.9. The van der Waals surface area contributed by atoms with E-state index in [0.717, 1.165) is 16.5 Å². The molecule has 0 bridgehead atoms. The summed E-state index contributed by atoms with van der Waals surface area (Å²) in [6.45, 7) is 2.34. The summed E-state index contributed by atoms with van der Waals surface area (Å²) >= 11 is 0. The maximum Gasteiger partial charge on any atom is 0.291 e. The van der Waals surface area contributed by atoms with Crippen LogP contribution in [0.5, 0.6) is 11.5 Å². The number of ether oxygens (including phenoxy) is 2. The van der Waals surface area contributed by atoms with Crippen molar-refractivity contribution in [3.8, 4) is 11.5 Å². The fourth-order valence-electron chi connectivity index (χ4n) is 3.69. The number of para-hydroxylation sites is 2. The predicted molar refractivity (Wildman–Crippen MR) is 119 cm³/mol. The molecule has 2 N–H and O–H groups in total. The van der Waals surface area contributed by atoms with Crippen molar-refractivity contribution in [2.45, 2.75) is 13.5 Å². The lowest BCUT2D eigenvalue weighted by Gasteiger charge is -2.11. The lowest BCUT2D eigenvalue weighted by Crippen LogP contribution is -2.25. The van der Waals surface area contributed by atoms with Crippen LogP contribution in [0.15, 0.2) is 71.1 Å². The largest absolute Gasteiger partial charge is 0.454 e. The fraction of sp³-hybridized carbons (Fsp3) is 0.120. The van der Waals surface area contributed by atoms with Crippen molar-refractivity contribution in [1.29, 1.82) is 0 Å². The maximum atomic E-state index is 12.9. The molecule has 0 saturated carbocycles. The van der Waals surface area contributed by atoms with Crippen molar-refractivity contribution in [1.82, 2.24) is 5.32 Å². The molecule has 0 fully saturated rings. The Hall–Kier alpha value is -4.26. The fourth-order valence-corrected chi connectivity index (χ4v) is 3.69. The van der Waals surface area contributed by atoms with Crippen LogP contribution in [0.1, 0.15) is 32.0 Å². The molecule has 160 valence electrons. The topological polar surface area (TPSA) is 89.8 Å². The molecule has 5 rings (SSSR count). The number of hydrogen-bond acceptors (Lipinski definition) is 5. The molecule has 0 spiro atoms. The standard InChI is InChI=1S/C25H20N2O5/c1-15-17-6-3-5-9-20(17)32-23(15)25(29)27-19-8-4-2-7-18(19)24(28)26-13-16-10-11-21-22(12-16)31-14-30-21/h2-12H,13-14H2,1H3,(H,26,28)(H,27,29). The number of fused-ring (bicyclic) bond motifs is 2. The summed E-state index contributed by atoms with van der Waals surface area (Å²) in [5, 5.41) is 6.58. The van der Waals surface area contributed by atoms with E-state index in [1.807, 2.05) is 49.4 Å². The highest BCUT2D eigenvalue weighted by Gasteiger charge is 2.20. The normalized spacial score (nSPS) is 12.0. The highest BCUT2D eigenvalue weighted by molar-refractivity contribution is 6.10. The highest BCUT2D eigenvalue weighted by Crippen LogP contribution is 2.32. The Labute approximate surface area is 183 Å². The van der Waals surface area contributed by atoms with Gasteiger partial charge in [-0.2, -0.15) is 0 Å². The second-order valence-electron chi connectivity index (χ2n) is 7.42. The molecule has 4 aromatic rings. The molecule has 0 unspecified atom stereocenters. The SMILES string of the molecule is Cc1c(C(=O)Nc2ccccc2C(=O)NCc2ccc3c(c2)OCO3)oc2ccccc12. The van der Waals surface area contributed by atoms with Crippen molar-refractivity contribution in [3.05, 3.63) is 89.2 Å². The average molecular weight is 428 g/mol. The van der Waals surface area contributed by atoms with Gasteiger partial charge in [0.05, 0.1) is 11.3 Å². The molecule has 0 aliphatic carbocycles. The first-order chi connectivity index (χ1) is 15.6. The van der Waals surface area contributed by atoms with Crippen molar-refractivity contribution in [3.63, 3.8) is 0 Å². The zero-order chi connectivity index (χ0) is 22.1. The monoisotopic (exact) mass is 428 g/mol. The van der Waals surface area contributed by atoms with Gasteiger partial charge in [0.15, 0.2) is 17.3 Å². The van der Waals surface area contributed by atoms with E-state index in [9.17, 15) is 9.59 Å². The smallest absolute Gasteiger partial charge is 0.291 e. The third kappa shape index (κ3) is 3.65. The van der Waals surface area contributed by atoms with E-state index in [4.69, 9.17) is 13.9 Å². The third-order valence-corrected chi connectivity index (χ3v) is 5.36. The lowest BCUT2D eigenvalue weighted by molar-refractivity contribution is 0.0951. The minimum atomic E-state index is -0.408. The number of anilines is 1. The van der Waals surface area contributed by atoms with Gasteiger partial charge in [0.2, 0.25) is 6.79 Å². The van der Waals surface area contributed by atoms with Gasteiger partial charge in [-0.15, -0.1) is 0 Å². The van der Waals surface area contributed by atoms with Crippen LogP contribution in [0.4, 0.5) is 5.69 Å². The van der Waals surface area contributed by atoms with Gasteiger partial charge < -0.3 is 24.5 Å². The van der Waals surface area contributed by atoms with E-state index in [1.54, 1.807) is 24.3 Å². The van der Waals surface area contributed by atoms with Gasteiger partial charge in [0.1, 0.15) is 5.58 Å². The number of nitrogens with one attached hydrogen (secondary N) is 2. The molecule has 1 aromatic heterocycles. The first-order valence-electron chi connectivity index (χ1n) is 10.2. The Morgan fingerprint density at radius 3 is 2.56 bits per heavy atom. The minimum Gasteiger partial charge on any atom is -0.454 e. The number of rotatable bonds is 5. The van der Waals surface area contributed by atoms with E-state index < -0.39 is 5.91 Å². The molecule has 1 aliphatic rings. The minimum absolute atomic E-state index is 0.197. The van der Waals surface area contributed by atoms with Crippen LogP contribution in [-0.4, -0.2) is 18.6 Å². The predicted octanol–water partition coefficient (Wildman–Crippen LogP) is 4.65. The van der Waals surface area contributed by atoms with Crippen LogP contribution in [-0.2, 0) is 6.54 Å².